The Hall–Kier alpha value is -2.87. The molecular formula is C42H52N2O10. The van der Waals surface area contributed by atoms with E-state index in [1.54, 1.807) is 6.26 Å². The number of carbonyl (C=O) groups excluding carboxylic acids is 3. The molecule has 12 rings (SSSR count). The first-order valence-corrected chi connectivity index (χ1v) is 20.3. The van der Waals surface area contributed by atoms with Gasteiger partial charge in [0.15, 0.2) is 11.9 Å². The van der Waals surface area contributed by atoms with Crippen LogP contribution in [0, 0.1) is 51.2 Å². The highest BCUT2D eigenvalue weighted by Crippen LogP contribution is 2.84. The van der Waals surface area contributed by atoms with Crippen LogP contribution in [0.25, 0.3) is 0 Å². The van der Waals surface area contributed by atoms with Gasteiger partial charge in [0.05, 0.1) is 41.3 Å². The fraction of sp³-hybridized carbons (Fsp3) is 0.738. The van der Waals surface area contributed by atoms with Gasteiger partial charge in [0.1, 0.15) is 30.2 Å². The molecule has 0 radical (unpaired) electrons. The summed E-state index contributed by atoms with van der Waals surface area (Å²) >= 11 is 0. The van der Waals surface area contributed by atoms with Crippen LogP contribution < -0.4 is 10.6 Å². The first-order valence-electron chi connectivity index (χ1n) is 20.3. The standard InChI is InChI=1S/C42H52N2O10/c1-37(2)41-12-4-11-39(32(47)33(41)48)29(40(41)19-51-31(46)17-30(40)53-37)9-13-38(3)34(52-36(49)35-42(38,39)54-35)24-10-14-50-28(24)16-25-23-7-5-22(26-18-43-20-44-26)15-21(23)6-8-27(25)45/h4-5,7,10,12,14,21-23,25-27,29-30,32,34-35,43-45,47H,6,8-9,11,13,15-20H2,1-3H3/t21-,22+,23+,25-,26-,27-,29-,30-,32+,34-,35+,38-,39-,40-,41+,42+/m0/s1. The van der Waals surface area contributed by atoms with E-state index < -0.39 is 69.4 Å². The molecule has 1 aromatic heterocycles. The van der Waals surface area contributed by atoms with E-state index in [0.29, 0.717) is 49.3 Å². The molecule has 0 unspecified atom stereocenters. The second-order valence-corrected chi connectivity index (χ2v) is 19.2. The average Bonchev–Trinajstić information content (AvgIpc) is 3.41. The average molecular weight is 745 g/mol. The number of epoxide rings is 1. The number of fused-ring (bicyclic) bond motifs is 3. The van der Waals surface area contributed by atoms with Gasteiger partial charge in [0.2, 0.25) is 0 Å². The minimum absolute atomic E-state index is 0.00148. The lowest BCUT2D eigenvalue weighted by atomic mass is 9.33. The Morgan fingerprint density at radius 2 is 1.85 bits per heavy atom. The monoisotopic (exact) mass is 744 g/mol. The van der Waals surface area contributed by atoms with Crippen molar-refractivity contribution in [2.45, 2.75) is 120 Å². The van der Waals surface area contributed by atoms with Gasteiger partial charge >= 0.3 is 11.9 Å². The predicted molar refractivity (Wildman–Crippen MR) is 189 cm³/mol. The smallest absolute Gasteiger partial charge is 0.339 e. The number of hydrogen-bond acceptors (Lipinski definition) is 12. The largest absolute Gasteiger partial charge is 0.469 e. The highest BCUT2D eigenvalue weighted by molar-refractivity contribution is 5.97. The summed E-state index contributed by atoms with van der Waals surface area (Å²) in [5, 5.41) is 31.1. The molecule has 1 aromatic rings. The van der Waals surface area contributed by atoms with Crippen LogP contribution in [0.1, 0.15) is 83.1 Å². The highest BCUT2D eigenvalue weighted by Gasteiger charge is 2.94. The molecule has 5 aliphatic heterocycles. The molecule has 6 heterocycles. The van der Waals surface area contributed by atoms with E-state index >= 15 is 4.79 Å². The minimum atomic E-state index is -1.45. The third kappa shape index (κ3) is 3.75. The minimum Gasteiger partial charge on any atom is -0.469 e. The lowest BCUT2D eigenvalue weighted by Crippen LogP contribution is -2.79. The van der Waals surface area contributed by atoms with Gasteiger partial charge in [-0.25, -0.2) is 4.79 Å². The van der Waals surface area contributed by atoms with E-state index in [1.165, 1.54) is 0 Å². The van der Waals surface area contributed by atoms with E-state index in [2.05, 4.69) is 29.7 Å². The summed E-state index contributed by atoms with van der Waals surface area (Å²) in [5.74, 6) is 0.173. The van der Waals surface area contributed by atoms with Crippen LogP contribution in [0.2, 0.25) is 0 Å². The SMILES string of the molecule is CC1(C)O[C@H]2CC(=O)OC[C@]23[C@H]2CC[C@@]4(C)[C@H](c5ccoc5C[C@H]5[C@@H]6C=C[C@@H]([C@@H]7CNCN7)C[C@@H]6CC[C@@H]5O)OC(=O)[C@H]5O[C@]54[C@@]24CC=C[C@@]13C(=O)[C@H]4O. The van der Waals surface area contributed by atoms with E-state index in [4.69, 9.17) is 23.4 Å². The molecule has 0 aromatic carbocycles. The van der Waals surface area contributed by atoms with E-state index in [-0.39, 0.29) is 42.5 Å². The number of furan rings is 1. The van der Waals surface area contributed by atoms with Gasteiger partial charge in [-0.2, -0.15) is 0 Å². The summed E-state index contributed by atoms with van der Waals surface area (Å²) in [6, 6.07) is 2.31. The molecule has 3 saturated carbocycles. The zero-order valence-electron chi connectivity index (χ0n) is 31.3. The van der Waals surface area contributed by atoms with Crippen molar-refractivity contribution in [1.82, 2.24) is 10.6 Å². The van der Waals surface area contributed by atoms with Crippen molar-refractivity contribution in [2.75, 3.05) is 19.8 Å². The van der Waals surface area contributed by atoms with Crippen LogP contribution in [0.3, 0.4) is 0 Å². The fourth-order valence-corrected chi connectivity index (χ4v) is 15.1. The second-order valence-electron chi connectivity index (χ2n) is 19.2. The van der Waals surface area contributed by atoms with Crippen LogP contribution in [0.5, 0.6) is 0 Å². The number of nitrogens with one attached hydrogen (secondary N) is 2. The number of allylic oxidation sites excluding steroid dienone is 2. The number of aliphatic hydroxyl groups is 2. The molecule has 2 bridgehead atoms. The molecule has 0 amide bonds. The number of ether oxygens (including phenoxy) is 4. The van der Waals surface area contributed by atoms with Crippen LogP contribution in [-0.2, 0) is 39.8 Å². The first kappa shape index (κ1) is 34.4. The maximum Gasteiger partial charge on any atom is 0.339 e. The van der Waals surface area contributed by atoms with Crippen molar-refractivity contribution in [3.05, 3.63) is 48.0 Å². The van der Waals surface area contributed by atoms with Gasteiger partial charge in [0, 0.05) is 42.1 Å². The third-order valence-corrected chi connectivity index (χ3v) is 17.2. The van der Waals surface area contributed by atoms with Crippen molar-refractivity contribution >= 4 is 17.7 Å². The summed E-state index contributed by atoms with van der Waals surface area (Å²) in [7, 11) is 0. The van der Waals surface area contributed by atoms with Crippen LogP contribution in [-0.4, -0.2) is 89.4 Å². The Balaban J connectivity index is 0.978. The van der Waals surface area contributed by atoms with Crippen molar-refractivity contribution in [1.29, 1.82) is 0 Å². The Labute approximate surface area is 314 Å². The lowest BCUT2D eigenvalue weighted by Gasteiger charge is -2.68. The number of carbonyl (C=O) groups is 3. The van der Waals surface area contributed by atoms with E-state index in [1.807, 2.05) is 32.1 Å². The molecule has 54 heavy (non-hydrogen) atoms. The zero-order valence-corrected chi connectivity index (χ0v) is 31.3. The summed E-state index contributed by atoms with van der Waals surface area (Å²) in [6.45, 7) is 7.66. The molecular weight excluding hydrogens is 692 g/mol. The van der Waals surface area contributed by atoms with Crippen molar-refractivity contribution in [3.8, 4) is 0 Å². The van der Waals surface area contributed by atoms with Gasteiger partial charge in [-0.1, -0.05) is 31.2 Å². The van der Waals surface area contributed by atoms with Crippen LogP contribution in [0.4, 0.5) is 0 Å². The number of esters is 2. The van der Waals surface area contributed by atoms with Crippen molar-refractivity contribution in [2.24, 2.45) is 51.2 Å². The van der Waals surface area contributed by atoms with Crippen molar-refractivity contribution < 1.29 is 48.0 Å². The number of hydrogen-bond donors (Lipinski definition) is 4. The summed E-state index contributed by atoms with van der Waals surface area (Å²) in [5.41, 5.74) is -5.71. The number of rotatable bonds is 4. The third-order valence-electron chi connectivity index (χ3n) is 17.2. The Bertz CT molecular complexity index is 1880. The summed E-state index contributed by atoms with van der Waals surface area (Å²) < 4.78 is 32.0. The normalized spacial score (nSPS) is 53.3. The molecule has 4 N–H and O–H groups in total. The Morgan fingerprint density at radius 3 is 2.67 bits per heavy atom. The van der Waals surface area contributed by atoms with E-state index in [0.717, 1.165) is 38.0 Å². The Kier molecular flexibility index (Phi) is 6.97. The van der Waals surface area contributed by atoms with Gasteiger partial charge in [0.25, 0.3) is 0 Å². The number of ketones is 1. The molecule has 5 saturated heterocycles. The van der Waals surface area contributed by atoms with Crippen LogP contribution in [0.15, 0.2) is 41.1 Å². The second kappa shape index (κ2) is 10.9. The molecule has 6 aliphatic carbocycles. The van der Waals surface area contributed by atoms with E-state index in [9.17, 15) is 19.8 Å². The number of Topliss-reactive ketones (excluding diaryl/α,β-unsaturated/α-hetero) is 1. The maximum absolute atomic E-state index is 15.1. The molecule has 11 aliphatic rings. The predicted octanol–water partition coefficient (Wildman–Crippen LogP) is 3.06. The molecule has 12 nitrogen and oxygen atoms in total. The van der Waals surface area contributed by atoms with Gasteiger partial charge in [-0.15, -0.1) is 0 Å². The summed E-state index contributed by atoms with van der Waals surface area (Å²) in [6.07, 6.45) is 10.8. The first-order chi connectivity index (χ1) is 25.9. The number of aliphatic hydroxyl groups excluding tert-OH is 2. The topological polar surface area (TPSA) is 169 Å². The lowest BCUT2D eigenvalue weighted by molar-refractivity contribution is -0.262. The zero-order chi connectivity index (χ0) is 37.2. The molecule has 290 valence electrons. The quantitative estimate of drug-likeness (QED) is 0.202. The highest BCUT2D eigenvalue weighted by atomic mass is 16.7. The fourth-order valence-electron chi connectivity index (χ4n) is 15.1. The molecule has 8 fully saturated rings. The maximum atomic E-state index is 15.1. The van der Waals surface area contributed by atoms with Crippen LogP contribution >= 0.6 is 0 Å². The van der Waals surface area contributed by atoms with Gasteiger partial charge in [-0.3, -0.25) is 14.9 Å². The molecule has 12 heteroatoms. The molecule has 4 spiro atoms. The Morgan fingerprint density at radius 1 is 1.00 bits per heavy atom. The van der Waals surface area contributed by atoms with Gasteiger partial charge in [-0.05, 0) is 88.0 Å². The molecule has 16 atom stereocenters. The summed E-state index contributed by atoms with van der Waals surface area (Å²) in [4.78, 5) is 42.1. The number of cyclic esters (lactones) is 2. The van der Waals surface area contributed by atoms with Gasteiger partial charge < -0.3 is 38.9 Å². The van der Waals surface area contributed by atoms with Crippen molar-refractivity contribution in [3.63, 3.8) is 0 Å².